The summed E-state index contributed by atoms with van der Waals surface area (Å²) in [5.41, 5.74) is 0.820. The number of aliphatic hydroxyl groups is 1. The van der Waals surface area contributed by atoms with Crippen molar-refractivity contribution in [3.63, 3.8) is 0 Å². The minimum Gasteiger partial charge on any atom is -0.459 e. The third-order valence-electron chi connectivity index (χ3n) is 3.22. The predicted octanol–water partition coefficient (Wildman–Crippen LogP) is 3.95. The zero-order chi connectivity index (χ0) is 17.9. The van der Waals surface area contributed by atoms with Crippen molar-refractivity contribution in [2.45, 2.75) is 27.4 Å². The summed E-state index contributed by atoms with van der Waals surface area (Å²) in [6, 6.07) is 8.67. The SMILES string of the molecule is CC(C)(C)C(=O)NC(=S)Nc1ccc(-c2ccc(CO)o2)c(Cl)c1. The van der Waals surface area contributed by atoms with Gasteiger partial charge in [-0.1, -0.05) is 32.4 Å². The fraction of sp³-hybridized carbons (Fsp3) is 0.294. The maximum Gasteiger partial charge on any atom is 0.231 e. The molecule has 1 aromatic carbocycles. The van der Waals surface area contributed by atoms with Crippen molar-refractivity contribution in [2.24, 2.45) is 5.41 Å². The number of thiocarbonyl (C=S) groups is 1. The number of halogens is 1. The van der Waals surface area contributed by atoms with Crippen LogP contribution < -0.4 is 10.6 Å². The van der Waals surface area contributed by atoms with Crippen LogP contribution in [-0.2, 0) is 11.4 Å². The minimum absolute atomic E-state index is 0.168. The molecule has 0 saturated carbocycles. The van der Waals surface area contributed by atoms with E-state index in [0.29, 0.717) is 27.8 Å². The first-order valence-corrected chi connectivity index (χ1v) is 8.11. The average Bonchev–Trinajstić information content (AvgIpc) is 2.95. The van der Waals surface area contributed by atoms with Crippen molar-refractivity contribution in [1.82, 2.24) is 5.32 Å². The molecular formula is C17H19ClN2O3S. The van der Waals surface area contributed by atoms with Crippen LogP contribution in [0.1, 0.15) is 26.5 Å². The van der Waals surface area contributed by atoms with E-state index < -0.39 is 5.41 Å². The predicted molar refractivity (Wildman–Crippen MR) is 98.9 cm³/mol. The van der Waals surface area contributed by atoms with E-state index in [-0.39, 0.29) is 17.6 Å². The number of hydrogen-bond donors (Lipinski definition) is 3. The zero-order valence-electron chi connectivity index (χ0n) is 13.6. The summed E-state index contributed by atoms with van der Waals surface area (Å²) in [6.07, 6.45) is 0. The molecule has 1 aromatic heterocycles. The van der Waals surface area contributed by atoms with Crippen molar-refractivity contribution in [2.75, 3.05) is 5.32 Å². The summed E-state index contributed by atoms with van der Waals surface area (Å²) in [7, 11) is 0. The summed E-state index contributed by atoms with van der Waals surface area (Å²) >= 11 is 11.4. The Morgan fingerprint density at radius 1 is 1.29 bits per heavy atom. The summed E-state index contributed by atoms with van der Waals surface area (Å²) in [6.45, 7) is 5.25. The smallest absolute Gasteiger partial charge is 0.231 e. The molecule has 5 nitrogen and oxygen atoms in total. The number of hydrogen-bond acceptors (Lipinski definition) is 4. The molecule has 0 bridgehead atoms. The van der Waals surface area contributed by atoms with Gasteiger partial charge in [0.15, 0.2) is 5.11 Å². The Hall–Kier alpha value is -1.89. The lowest BCUT2D eigenvalue weighted by atomic mass is 9.96. The van der Waals surface area contributed by atoms with Gasteiger partial charge >= 0.3 is 0 Å². The zero-order valence-corrected chi connectivity index (χ0v) is 15.2. The lowest BCUT2D eigenvalue weighted by Gasteiger charge is -2.18. The van der Waals surface area contributed by atoms with Crippen LogP contribution in [0.4, 0.5) is 5.69 Å². The highest BCUT2D eigenvalue weighted by Crippen LogP contribution is 2.31. The molecule has 1 heterocycles. The van der Waals surface area contributed by atoms with E-state index in [2.05, 4.69) is 10.6 Å². The molecule has 2 aromatic rings. The molecule has 128 valence electrons. The van der Waals surface area contributed by atoms with E-state index >= 15 is 0 Å². The van der Waals surface area contributed by atoms with E-state index in [1.807, 2.05) is 0 Å². The quantitative estimate of drug-likeness (QED) is 0.717. The number of benzene rings is 1. The molecule has 0 radical (unpaired) electrons. The van der Waals surface area contributed by atoms with Crippen molar-refractivity contribution >= 4 is 40.5 Å². The van der Waals surface area contributed by atoms with E-state index in [9.17, 15) is 4.79 Å². The molecule has 1 amide bonds. The lowest BCUT2D eigenvalue weighted by molar-refractivity contribution is -0.126. The summed E-state index contributed by atoms with van der Waals surface area (Å²) in [5, 5.41) is 15.3. The van der Waals surface area contributed by atoms with E-state index in [4.69, 9.17) is 33.3 Å². The Bertz CT molecular complexity index is 765. The standard InChI is InChI=1S/C17H19ClN2O3S/c1-17(2,3)15(22)20-16(24)19-10-4-6-12(13(18)8-10)14-7-5-11(9-21)23-14/h4-8,21H,9H2,1-3H3,(H2,19,20,22,24). The maximum atomic E-state index is 11.9. The summed E-state index contributed by atoms with van der Waals surface area (Å²) in [4.78, 5) is 11.9. The molecule has 3 N–H and O–H groups in total. The Kier molecular flexibility index (Phi) is 5.64. The number of aliphatic hydroxyl groups excluding tert-OH is 1. The third-order valence-corrected chi connectivity index (χ3v) is 3.73. The molecule has 0 aliphatic rings. The highest BCUT2D eigenvalue weighted by Gasteiger charge is 2.22. The number of nitrogens with one attached hydrogen (secondary N) is 2. The van der Waals surface area contributed by atoms with Gasteiger partial charge in [0.1, 0.15) is 18.1 Å². The largest absolute Gasteiger partial charge is 0.459 e. The molecule has 0 fully saturated rings. The Morgan fingerprint density at radius 3 is 2.54 bits per heavy atom. The number of anilines is 1. The van der Waals surface area contributed by atoms with Gasteiger partial charge in [-0.15, -0.1) is 0 Å². The molecule has 0 unspecified atom stereocenters. The van der Waals surface area contributed by atoms with Crippen LogP contribution in [0.15, 0.2) is 34.7 Å². The first-order chi connectivity index (χ1) is 11.2. The first-order valence-electron chi connectivity index (χ1n) is 7.32. The van der Waals surface area contributed by atoms with Crippen LogP contribution in [0.25, 0.3) is 11.3 Å². The van der Waals surface area contributed by atoms with Gasteiger partial charge in [0.05, 0.1) is 5.02 Å². The molecule has 0 aliphatic carbocycles. The Morgan fingerprint density at radius 2 is 2.00 bits per heavy atom. The van der Waals surface area contributed by atoms with Crippen LogP contribution in [0.2, 0.25) is 5.02 Å². The van der Waals surface area contributed by atoms with Gasteiger partial charge < -0.3 is 20.2 Å². The molecular weight excluding hydrogens is 348 g/mol. The van der Waals surface area contributed by atoms with Crippen molar-refractivity contribution in [1.29, 1.82) is 0 Å². The van der Waals surface area contributed by atoms with Gasteiger partial charge in [-0.2, -0.15) is 0 Å². The number of carbonyl (C=O) groups is 1. The van der Waals surface area contributed by atoms with Crippen LogP contribution in [0, 0.1) is 5.41 Å². The van der Waals surface area contributed by atoms with Crippen LogP contribution in [0.3, 0.4) is 0 Å². The second kappa shape index (κ2) is 7.34. The fourth-order valence-corrected chi connectivity index (χ4v) is 2.34. The van der Waals surface area contributed by atoms with Crippen LogP contribution in [0.5, 0.6) is 0 Å². The fourth-order valence-electron chi connectivity index (χ4n) is 1.85. The lowest BCUT2D eigenvalue weighted by Crippen LogP contribution is -2.41. The van der Waals surface area contributed by atoms with Gasteiger partial charge in [0.25, 0.3) is 0 Å². The number of amides is 1. The number of rotatable bonds is 3. The van der Waals surface area contributed by atoms with Gasteiger partial charge in [-0.3, -0.25) is 4.79 Å². The van der Waals surface area contributed by atoms with Gasteiger partial charge in [0, 0.05) is 16.7 Å². The Labute approximate surface area is 151 Å². The first kappa shape index (κ1) is 18.4. The molecule has 24 heavy (non-hydrogen) atoms. The topological polar surface area (TPSA) is 74.5 Å². The summed E-state index contributed by atoms with van der Waals surface area (Å²) < 4.78 is 5.47. The second-order valence-corrected chi connectivity index (χ2v) is 7.09. The van der Waals surface area contributed by atoms with Crippen LogP contribution >= 0.6 is 23.8 Å². The highest BCUT2D eigenvalue weighted by molar-refractivity contribution is 7.80. The van der Waals surface area contributed by atoms with E-state index in [1.165, 1.54) is 0 Å². The molecule has 7 heteroatoms. The molecule has 0 atom stereocenters. The maximum absolute atomic E-state index is 11.9. The molecule has 0 aliphatic heterocycles. The van der Waals surface area contributed by atoms with Crippen LogP contribution in [-0.4, -0.2) is 16.1 Å². The average molecular weight is 367 g/mol. The molecule has 2 rings (SSSR count). The monoisotopic (exact) mass is 366 g/mol. The minimum atomic E-state index is -0.531. The third kappa shape index (κ3) is 4.56. The van der Waals surface area contributed by atoms with E-state index in [1.54, 1.807) is 51.1 Å². The Balaban J connectivity index is 2.09. The second-order valence-electron chi connectivity index (χ2n) is 6.28. The van der Waals surface area contributed by atoms with Gasteiger partial charge in [0.2, 0.25) is 5.91 Å². The van der Waals surface area contributed by atoms with Crippen molar-refractivity contribution in [3.05, 3.63) is 41.1 Å². The number of furan rings is 1. The molecule has 0 saturated heterocycles. The van der Waals surface area contributed by atoms with E-state index in [0.717, 1.165) is 0 Å². The van der Waals surface area contributed by atoms with Crippen molar-refractivity contribution in [3.8, 4) is 11.3 Å². The van der Waals surface area contributed by atoms with Crippen molar-refractivity contribution < 1.29 is 14.3 Å². The normalized spacial score (nSPS) is 11.2. The van der Waals surface area contributed by atoms with Gasteiger partial charge in [-0.25, -0.2) is 0 Å². The van der Waals surface area contributed by atoms with Gasteiger partial charge in [-0.05, 0) is 42.5 Å². The molecule has 0 spiro atoms. The number of carbonyl (C=O) groups excluding carboxylic acids is 1. The summed E-state index contributed by atoms with van der Waals surface area (Å²) in [5.74, 6) is 0.864. The highest BCUT2D eigenvalue weighted by atomic mass is 35.5.